The number of amides is 2. The molecule has 1 aliphatic rings. The van der Waals surface area contributed by atoms with Gasteiger partial charge < -0.3 is 11.1 Å². The summed E-state index contributed by atoms with van der Waals surface area (Å²) in [5.74, 6) is -0.00286. The first-order valence-electron chi connectivity index (χ1n) is 8.37. The third-order valence-electron chi connectivity index (χ3n) is 4.44. The Morgan fingerprint density at radius 1 is 1.17 bits per heavy atom. The normalized spacial score (nSPS) is 17.0. The highest BCUT2D eigenvalue weighted by molar-refractivity contribution is 5.80. The summed E-state index contributed by atoms with van der Waals surface area (Å²) in [6.45, 7) is 0.270. The van der Waals surface area contributed by atoms with Crippen LogP contribution in [0.3, 0.4) is 0 Å². The predicted molar refractivity (Wildman–Crippen MR) is 90.6 cm³/mol. The number of likely N-dealkylation sites (N-methyl/N-ethyl adjacent to an activating group) is 1. The van der Waals surface area contributed by atoms with Gasteiger partial charge in [-0.25, -0.2) is 0 Å². The van der Waals surface area contributed by atoms with Gasteiger partial charge in [0, 0.05) is 0 Å². The lowest BCUT2D eigenvalue weighted by Gasteiger charge is -2.32. The van der Waals surface area contributed by atoms with Crippen molar-refractivity contribution in [2.75, 3.05) is 20.1 Å². The molecule has 0 heterocycles. The Bertz CT molecular complexity index is 512. The smallest absolute Gasteiger partial charge is 0.234 e. The summed E-state index contributed by atoms with van der Waals surface area (Å²) in [6, 6.07) is 10.2. The molecular weight excluding hydrogens is 290 g/mol. The van der Waals surface area contributed by atoms with E-state index in [4.69, 9.17) is 5.73 Å². The molecule has 1 aliphatic carbocycles. The van der Waals surface area contributed by atoms with E-state index in [0.717, 1.165) is 18.4 Å². The monoisotopic (exact) mass is 317 g/mol. The van der Waals surface area contributed by atoms with Crippen molar-refractivity contribution in [1.82, 2.24) is 10.2 Å². The van der Waals surface area contributed by atoms with Crippen molar-refractivity contribution in [2.24, 2.45) is 11.7 Å². The number of primary amides is 1. The summed E-state index contributed by atoms with van der Waals surface area (Å²) in [5, 5.41) is 3.17. The zero-order valence-corrected chi connectivity index (χ0v) is 13.8. The molecule has 5 heteroatoms. The van der Waals surface area contributed by atoms with Crippen molar-refractivity contribution in [1.29, 1.82) is 0 Å². The van der Waals surface area contributed by atoms with Crippen LogP contribution in [0, 0.1) is 5.92 Å². The van der Waals surface area contributed by atoms with Gasteiger partial charge in [-0.3, -0.25) is 14.5 Å². The van der Waals surface area contributed by atoms with Crippen LogP contribution < -0.4 is 11.1 Å². The van der Waals surface area contributed by atoms with Gasteiger partial charge in [0.1, 0.15) is 0 Å². The Labute approximate surface area is 138 Å². The predicted octanol–water partition coefficient (Wildman–Crippen LogP) is 1.84. The lowest BCUT2D eigenvalue weighted by Crippen LogP contribution is -2.42. The molecule has 1 fully saturated rings. The fourth-order valence-electron chi connectivity index (χ4n) is 3.39. The van der Waals surface area contributed by atoms with Crippen LogP contribution in [0.15, 0.2) is 30.3 Å². The zero-order chi connectivity index (χ0) is 16.7. The molecule has 1 saturated carbocycles. The molecule has 0 saturated heterocycles. The van der Waals surface area contributed by atoms with Crippen LogP contribution in [0.1, 0.15) is 43.7 Å². The topological polar surface area (TPSA) is 75.4 Å². The minimum atomic E-state index is -0.424. The van der Waals surface area contributed by atoms with Crippen LogP contribution in [0.2, 0.25) is 0 Å². The molecule has 0 radical (unpaired) electrons. The Kier molecular flexibility index (Phi) is 6.59. The molecule has 0 bridgehead atoms. The molecule has 2 amide bonds. The average Bonchev–Trinajstić information content (AvgIpc) is 2.53. The van der Waals surface area contributed by atoms with Crippen LogP contribution in [0.25, 0.3) is 0 Å². The van der Waals surface area contributed by atoms with Crippen molar-refractivity contribution in [3.8, 4) is 0 Å². The minimum Gasteiger partial charge on any atom is -0.369 e. The van der Waals surface area contributed by atoms with E-state index in [1.165, 1.54) is 19.3 Å². The number of nitrogens with zero attached hydrogens (tertiary/aromatic N) is 1. The van der Waals surface area contributed by atoms with Gasteiger partial charge in [-0.05, 0) is 31.4 Å². The maximum absolute atomic E-state index is 12.4. The number of hydrogen-bond donors (Lipinski definition) is 2. The zero-order valence-electron chi connectivity index (χ0n) is 13.8. The van der Waals surface area contributed by atoms with Crippen molar-refractivity contribution in [3.05, 3.63) is 35.9 Å². The van der Waals surface area contributed by atoms with E-state index in [1.807, 2.05) is 18.2 Å². The highest BCUT2D eigenvalue weighted by Crippen LogP contribution is 2.34. The quantitative estimate of drug-likeness (QED) is 0.806. The number of benzene rings is 1. The molecule has 2 rings (SSSR count). The number of rotatable bonds is 7. The van der Waals surface area contributed by atoms with Gasteiger partial charge in [0.2, 0.25) is 11.8 Å². The second-order valence-electron chi connectivity index (χ2n) is 6.49. The summed E-state index contributed by atoms with van der Waals surface area (Å²) in [5.41, 5.74) is 6.32. The first-order chi connectivity index (χ1) is 11.1. The molecule has 0 spiro atoms. The van der Waals surface area contributed by atoms with Gasteiger partial charge in [0.15, 0.2) is 0 Å². The van der Waals surface area contributed by atoms with Crippen LogP contribution in [-0.2, 0) is 9.59 Å². The van der Waals surface area contributed by atoms with Crippen LogP contribution in [0.5, 0.6) is 0 Å². The number of nitrogens with one attached hydrogen (secondary N) is 1. The van der Waals surface area contributed by atoms with Gasteiger partial charge in [-0.15, -0.1) is 0 Å². The summed E-state index contributed by atoms with van der Waals surface area (Å²) in [6.07, 6.45) is 6.04. The fourth-order valence-corrected chi connectivity index (χ4v) is 3.39. The molecule has 1 aromatic rings. The second kappa shape index (κ2) is 8.67. The van der Waals surface area contributed by atoms with E-state index in [1.54, 1.807) is 11.9 Å². The fraction of sp³-hybridized carbons (Fsp3) is 0.556. The Hall–Kier alpha value is -1.88. The maximum atomic E-state index is 12.4. The van der Waals surface area contributed by atoms with E-state index in [-0.39, 0.29) is 25.0 Å². The summed E-state index contributed by atoms with van der Waals surface area (Å²) >= 11 is 0. The van der Waals surface area contributed by atoms with E-state index in [9.17, 15) is 9.59 Å². The highest BCUT2D eigenvalue weighted by Gasteiger charge is 2.26. The standard InChI is InChI=1S/C18H27N3O2/c1-21(12-16(19)22)13-17(23)20-18(14-8-4-2-5-9-14)15-10-6-3-7-11-15/h2,4-5,8-9,15,18H,3,6-7,10-13H2,1H3,(H2,19,22)(H,20,23). The molecular formula is C18H27N3O2. The molecule has 0 aromatic heterocycles. The molecule has 126 valence electrons. The molecule has 0 aliphatic heterocycles. The Morgan fingerprint density at radius 2 is 1.83 bits per heavy atom. The highest BCUT2D eigenvalue weighted by atomic mass is 16.2. The van der Waals surface area contributed by atoms with Crippen molar-refractivity contribution in [3.63, 3.8) is 0 Å². The number of carbonyl (C=O) groups excluding carboxylic acids is 2. The van der Waals surface area contributed by atoms with Crippen molar-refractivity contribution >= 4 is 11.8 Å². The molecule has 3 N–H and O–H groups in total. The van der Waals surface area contributed by atoms with Gasteiger partial charge in [-0.1, -0.05) is 49.6 Å². The van der Waals surface area contributed by atoms with Crippen LogP contribution >= 0.6 is 0 Å². The van der Waals surface area contributed by atoms with Crippen molar-refractivity contribution < 1.29 is 9.59 Å². The number of carbonyl (C=O) groups is 2. The average molecular weight is 317 g/mol. The number of hydrogen-bond acceptors (Lipinski definition) is 3. The van der Waals surface area contributed by atoms with E-state index < -0.39 is 5.91 Å². The molecule has 5 nitrogen and oxygen atoms in total. The van der Waals surface area contributed by atoms with Crippen LogP contribution in [0.4, 0.5) is 0 Å². The van der Waals surface area contributed by atoms with E-state index in [2.05, 4.69) is 17.4 Å². The Morgan fingerprint density at radius 3 is 2.43 bits per heavy atom. The van der Waals surface area contributed by atoms with E-state index in [0.29, 0.717) is 5.92 Å². The SMILES string of the molecule is CN(CC(N)=O)CC(=O)NC(c1ccccc1)C1CCCCC1. The second-order valence-corrected chi connectivity index (χ2v) is 6.49. The van der Waals surface area contributed by atoms with Crippen molar-refractivity contribution in [2.45, 2.75) is 38.1 Å². The third kappa shape index (κ3) is 5.67. The summed E-state index contributed by atoms with van der Waals surface area (Å²) in [4.78, 5) is 24.9. The lowest BCUT2D eigenvalue weighted by molar-refractivity contribution is -0.124. The molecule has 23 heavy (non-hydrogen) atoms. The Balaban J connectivity index is 2.02. The van der Waals surface area contributed by atoms with E-state index >= 15 is 0 Å². The number of nitrogens with two attached hydrogens (primary N) is 1. The van der Waals surface area contributed by atoms with Gasteiger partial charge in [-0.2, -0.15) is 0 Å². The van der Waals surface area contributed by atoms with Crippen LogP contribution in [-0.4, -0.2) is 36.9 Å². The summed E-state index contributed by atoms with van der Waals surface area (Å²) < 4.78 is 0. The largest absolute Gasteiger partial charge is 0.369 e. The minimum absolute atomic E-state index is 0.0472. The van der Waals surface area contributed by atoms with Gasteiger partial charge >= 0.3 is 0 Å². The lowest BCUT2D eigenvalue weighted by atomic mass is 9.81. The summed E-state index contributed by atoms with van der Waals surface area (Å²) in [7, 11) is 1.72. The third-order valence-corrected chi connectivity index (χ3v) is 4.44. The maximum Gasteiger partial charge on any atom is 0.234 e. The van der Waals surface area contributed by atoms with Gasteiger partial charge in [0.05, 0.1) is 19.1 Å². The molecule has 1 unspecified atom stereocenters. The molecule has 1 atom stereocenters. The molecule has 1 aromatic carbocycles. The first kappa shape index (κ1) is 17.5. The van der Waals surface area contributed by atoms with Gasteiger partial charge in [0.25, 0.3) is 0 Å². The first-order valence-corrected chi connectivity index (χ1v) is 8.37.